The zero-order chi connectivity index (χ0) is 13.7. The molecule has 0 radical (unpaired) electrons. The zero-order valence-electron chi connectivity index (χ0n) is 11.5. The third-order valence-electron chi connectivity index (χ3n) is 3.85. The molecular formula is C17H18OS. The quantitative estimate of drug-likeness (QED) is 0.839. The number of benzene rings is 2. The zero-order valence-corrected chi connectivity index (χ0v) is 12.3. The van der Waals surface area contributed by atoms with Gasteiger partial charge < -0.3 is 5.11 Å². The van der Waals surface area contributed by atoms with E-state index in [-0.39, 0.29) is 4.75 Å². The second-order valence-electron chi connectivity index (χ2n) is 5.62. The Hall–Kier alpha value is -1.25. The number of aliphatic hydroxyl groups is 1. The lowest BCUT2D eigenvalue weighted by Gasteiger charge is -2.27. The van der Waals surface area contributed by atoms with Gasteiger partial charge in [-0.25, -0.2) is 0 Å². The molecular weight excluding hydrogens is 252 g/mol. The molecule has 1 nitrogen and oxygen atoms in total. The predicted octanol–water partition coefficient (Wildman–Crippen LogP) is 4.17. The van der Waals surface area contributed by atoms with Crippen LogP contribution in [0.2, 0.25) is 0 Å². The highest BCUT2D eigenvalue weighted by molar-refractivity contribution is 8.01. The van der Waals surface area contributed by atoms with E-state index < -0.39 is 4.93 Å². The summed E-state index contributed by atoms with van der Waals surface area (Å²) in [7, 11) is 0. The third kappa shape index (κ3) is 1.82. The Bertz CT molecular complexity index is 633. The Balaban J connectivity index is 2.25. The first-order valence-corrected chi connectivity index (χ1v) is 7.35. The first-order valence-electron chi connectivity index (χ1n) is 6.54. The number of hydrogen-bond acceptors (Lipinski definition) is 2. The summed E-state index contributed by atoms with van der Waals surface area (Å²) in [6.45, 7) is 6.40. The highest BCUT2D eigenvalue weighted by atomic mass is 32.2. The average molecular weight is 270 g/mol. The van der Waals surface area contributed by atoms with Crippen LogP contribution in [0.15, 0.2) is 48.5 Å². The van der Waals surface area contributed by atoms with Crippen LogP contribution in [0.3, 0.4) is 0 Å². The number of rotatable bonds is 1. The highest BCUT2D eigenvalue weighted by Crippen LogP contribution is 2.59. The van der Waals surface area contributed by atoms with Crippen molar-refractivity contribution in [1.82, 2.24) is 0 Å². The Kier molecular flexibility index (Phi) is 2.77. The number of thioether (sulfide) groups is 1. The first-order chi connectivity index (χ1) is 8.95. The van der Waals surface area contributed by atoms with E-state index in [1.54, 1.807) is 11.8 Å². The minimum atomic E-state index is -0.939. The summed E-state index contributed by atoms with van der Waals surface area (Å²) in [4.78, 5) is -0.939. The van der Waals surface area contributed by atoms with E-state index in [1.807, 2.05) is 36.4 Å². The lowest BCUT2D eigenvalue weighted by Crippen LogP contribution is -2.22. The Morgan fingerprint density at radius 1 is 0.842 bits per heavy atom. The van der Waals surface area contributed by atoms with Gasteiger partial charge in [0.25, 0.3) is 0 Å². The van der Waals surface area contributed by atoms with E-state index in [1.165, 1.54) is 5.56 Å². The van der Waals surface area contributed by atoms with Gasteiger partial charge in [-0.15, -0.1) is 11.8 Å². The molecule has 1 atom stereocenters. The molecule has 0 saturated heterocycles. The largest absolute Gasteiger partial charge is 0.371 e. The Morgan fingerprint density at radius 3 is 2.00 bits per heavy atom. The molecule has 0 aliphatic carbocycles. The van der Waals surface area contributed by atoms with Crippen LogP contribution in [0.4, 0.5) is 0 Å². The van der Waals surface area contributed by atoms with Gasteiger partial charge in [-0.1, -0.05) is 48.5 Å². The monoisotopic (exact) mass is 270 g/mol. The van der Waals surface area contributed by atoms with E-state index in [4.69, 9.17) is 0 Å². The molecule has 0 spiro atoms. The standard InChI is InChI=1S/C17H18OS/c1-12-8-4-5-9-13(12)17(18)15-11-7-6-10-14(15)16(2,3)19-17/h4-11,18H,1-3H3. The molecule has 0 aromatic heterocycles. The van der Waals surface area contributed by atoms with Crippen molar-refractivity contribution >= 4 is 11.8 Å². The van der Waals surface area contributed by atoms with Crippen molar-refractivity contribution in [3.8, 4) is 0 Å². The second-order valence-corrected chi connectivity index (χ2v) is 7.43. The van der Waals surface area contributed by atoms with Crippen molar-refractivity contribution in [1.29, 1.82) is 0 Å². The average Bonchev–Trinajstić information content (AvgIpc) is 2.59. The molecule has 2 aromatic rings. The molecule has 1 aliphatic heterocycles. The van der Waals surface area contributed by atoms with Gasteiger partial charge in [0.15, 0.2) is 4.93 Å². The molecule has 0 bridgehead atoms. The molecule has 0 amide bonds. The molecule has 1 aliphatic rings. The van der Waals surface area contributed by atoms with Crippen molar-refractivity contribution in [3.63, 3.8) is 0 Å². The summed E-state index contributed by atoms with van der Waals surface area (Å²) in [6, 6.07) is 16.3. The van der Waals surface area contributed by atoms with Crippen LogP contribution in [0.5, 0.6) is 0 Å². The van der Waals surface area contributed by atoms with Gasteiger partial charge in [-0.05, 0) is 31.9 Å². The lowest BCUT2D eigenvalue weighted by molar-refractivity contribution is 0.183. The highest BCUT2D eigenvalue weighted by Gasteiger charge is 2.48. The first kappa shape index (κ1) is 12.8. The molecule has 98 valence electrons. The number of fused-ring (bicyclic) bond motifs is 1. The van der Waals surface area contributed by atoms with Crippen LogP contribution >= 0.6 is 11.8 Å². The molecule has 1 heterocycles. The van der Waals surface area contributed by atoms with Crippen molar-refractivity contribution in [3.05, 3.63) is 70.8 Å². The lowest BCUT2D eigenvalue weighted by atomic mass is 9.90. The molecule has 2 heteroatoms. The Labute approximate surface area is 118 Å². The van der Waals surface area contributed by atoms with E-state index in [2.05, 4.69) is 32.9 Å². The topological polar surface area (TPSA) is 20.2 Å². The van der Waals surface area contributed by atoms with E-state index in [0.29, 0.717) is 0 Å². The molecule has 1 unspecified atom stereocenters. The maximum atomic E-state index is 11.3. The fourth-order valence-electron chi connectivity index (χ4n) is 2.94. The van der Waals surface area contributed by atoms with Gasteiger partial charge in [0.2, 0.25) is 0 Å². The SMILES string of the molecule is Cc1ccccc1C1(O)SC(C)(C)c2ccccc21. The summed E-state index contributed by atoms with van der Waals surface area (Å²) < 4.78 is -0.0758. The molecule has 3 rings (SSSR count). The minimum Gasteiger partial charge on any atom is -0.371 e. The molecule has 19 heavy (non-hydrogen) atoms. The van der Waals surface area contributed by atoms with E-state index in [9.17, 15) is 5.11 Å². The molecule has 2 aromatic carbocycles. The smallest absolute Gasteiger partial charge is 0.163 e. The summed E-state index contributed by atoms with van der Waals surface area (Å²) in [5.74, 6) is 0. The van der Waals surface area contributed by atoms with Crippen molar-refractivity contribution in [2.75, 3.05) is 0 Å². The van der Waals surface area contributed by atoms with Crippen LogP contribution < -0.4 is 0 Å². The Morgan fingerprint density at radius 2 is 1.37 bits per heavy atom. The van der Waals surface area contributed by atoms with Crippen molar-refractivity contribution < 1.29 is 5.11 Å². The van der Waals surface area contributed by atoms with Gasteiger partial charge in [0, 0.05) is 15.9 Å². The van der Waals surface area contributed by atoms with Gasteiger partial charge in [0.1, 0.15) is 0 Å². The van der Waals surface area contributed by atoms with Crippen LogP contribution in [-0.2, 0) is 9.68 Å². The van der Waals surface area contributed by atoms with E-state index in [0.717, 1.165) is 16.7 Å². The maximum absolute atomic E-state index is 11.3. The summed E-state index contributed by atoms with van der Waals surface area (Å²) >= 11 is 1.62. The van der Waals surface area contributed by atoms with Crippen LogP contribution in [0.25, 0.3) is 0 Å². The fourth-order valence-corrected chi connectivity index (χ4v) is 4.59. The third-order valence-corrected chi connectivity index (χ3v) is 5.32. The predicted molar refractivity (Wildman–Crippen MR) is 81.2 cm³/mol. The van der Waals surface area contributed by atoms with Gasteiger partial charge in [-0.3, -0.25) is 0 Å². The van der Waals surface area contributed by atoms with E-state index >= 15 is 0 Å². The summed E-state index contributed by atoms with van der Waals surface area (Å²) in [6.07, 6.45) is 0. The number of hydrogen-bond donors (Lipinski definition) is 1. The maximum Gasteiger partial charge on any atom is 0.163 e. The summed E-state index contributed by atoms with van der Waals surface area (Å²) in [5, 5.41) is 11.3. The van der Waals surface area contributed by atoms with Crippen LogP contribution in [-0.4, -0.2) is 5.11 Å². The van der Waals surface area contributed by atoms with Crippen LogP contribution in [0.1, 0.15) is 36.1 Å². The van der Waals surface area contributed by atoms with Gasteiger partial charge in [0.05, 0.1) is 0 Å². The van der Waals surface area contributed by atoms with Gasteiger partial charge in [-0.2, -0.15) is 0 Å². The summed E-state index contributed by atoms with van der Waals surface area (Å²) in [5.41, 5.74) is 4.38. The normalized spacial score (nSPS) is 24.2. The molecule has 0 saturated carbocycles. The number of aryl methyl sites for hydroxylation is 1. The van der Waals surface area contributed by atoms with Crippen LogP contribution in [0, 0.1) is 6.92 Å². The minimum absolute atomic E-state index is 0.0758. The van der Waals surface area contributed by atoms with Crippen molar-refractivity contribution in [2.24, 2.45) is 0 Å². The molecule has 0 fully saturated rings. The second kappa shape index (κ2) is 4.12. The fraction of sp³-hybridized carbons (Fsp3) is 0.294. The molecule has 1 N–H and O–H groups in total. The van der Waals surface area contributed by atoms with Crippen molar-refractivity contribution in [2.45, 2.75) is 30.5 Å². The van der Waals surface area contributed by atoms with Gasteiger partial charge >= 0.3 is 0 Å².